The van der Waals surface area contributed by atoms with Gasteiger partial charge in [-0.3, -0.25) is 0 Å². The Kier molecular flexibility index (Phi) is 3.91. The van der Waals surface area contributed by atoms with E-state index in [0.717, 1.165) is 6.20 Å². The SMILES string of the molecule is O=C(O)c1cnc(Cl)nc1NCc1ccccc1F. The highest BCUT2D eigenvalue weighted by atomic mass is 35.5. The van der Waals surface area contributed by atoms with Crippen LogP contribution < -0.4 is 5.32 Å². The number of aromatic nitrogens is 2. The number of carboxylic acid groups (broad SMARTS) is 1. The molecule has 19 heavy (non-hydrogen) atoms. The van der Waals surface area contributed by atoms with E-state index in [1.807, 2.05) is 0 Å². The van der Waals surface area contributed by atoms with Gasteiger partial charge in [0.15, 0.2) is 0 Å². The molecule has 1 heterocycles. The summed E-state index contributed by atoms with van der Waals surface area (Å²) in [5, 5.41) is 11.6. The van der Waals surface area contributed by atoms with Gasteiger partial charge in [0, 0.05) is 18.3 Å². The van der Waals surface area contributed by atoms with Crippen LogP contribution in [0.1, 0.15) is 15.9 Å². The Morgan fingerprint density at radius 3 is 2.84 bits per heavy atom. The minimum atomic E-state index is -1.19. The Hall–Kier alpha value is -2.21. The maximum Gasteiger partial charge on any atom is 0.341 e. The summed E-state index contributed by atoms with van der Waals surface area (Å²) in [5.74, 6) is -1.52. The van der Waals surface area contributed by atoms with Gasteiger partial charge in [0.1, 0.15) is 17.2 Å². The summed E-state index contributed by atoms with van der Waals surface area (Å²) < 4.78 is 13.4. The molecule has 0 saturated carbocycles. The fourth-order valence-corrected chi connectivity index (χ4v) is 1.61. The molecule has 0 atom stereocenters. The lowest BCUT2D eigenvalue weighted by atomic mass is 10.2. The lowest BCUT2D eigenvalue weighted by Crippen LogP contribution is -2.10. The van der Waals surface area contributed by atoms with E-state index in [0.29, 0.717) is 5.56 Å². The van der Waals surface area contributed by atoms with Gasteiger partial charge in [-0.05, 0) is 17.7 Å². The highest BCUT2D eigenvalue weighted by Gasteiger charge is 2.13. The summed E-state index contributed by atoms with van der Waals surface area (Å²) in [6.07, 6.45) is 1.10. The number of carbonyl (C=O) groups is 1. The summed E-state index contributed by atoms with van der Waals surface area (Å²) in [6.45, 7) is 0.0975. The van der Waals surface area contributed by atoms with Crippen LogP contribution in [-0.2, 0) is 6.54 Å². The molecule has 1 aromatic carbocycles. The average molecular weight is 282 g/mol. The maximum atomic E-state index is 13.4. The van der Waals surface area contributed by atoms with Gasteiger partial charge in [-0.1, -0.05) is 18.2 Å². The Balaban J connectivity index is 2.22. The number of hydrogen-bond donors (Lipinski definition) is 2. The van der Waals surface area contributed by atoms with E-state index in [1.54, 1.807) is 18.2 Å². The van der Waals surface area contributed by atoms with E-state index in [1.165, 1.54) is 6.07 Å². The van der Waals surface area contributed by atoms with Gasteiger partial charge in [-0.2, -0.15) is 4.98 Å². The number of anilines is 1. The topological polar surface area (TPSA) is 75.1 Å². The predicted octanol–water partition coefficient (Wildman–Crippen LogP) is 2.58. The number of nitrogens with one attached hydrogen (secondary N) is 1. The molecule has 2 aromatic rings. The minimum Gasteiger partial charge on any atom is -0.477 e. The maximum absolute atomic E-state index is 13.4. The van der Waals surface area contributed by atoms with Gasteiger partial charge in [-0.15, -0.1) is 0 Å². The molecule has 7 heteroatoms. The number of aromatic carboxylic acids is 1. The van der Waals surface area contributed by atoms with E-state index in [-0.39, 0.29) is 29.0 Å². The van der Waals surface area contributed by atoms with E-state index in [2.05, 4.69) is 15.3 Å². The second kappa shape index (κ2) is 5.62. The molecule has 98 valence electrons. The first-order valence-corrected chi connectivity index (χ1v) is 5.69. The molecule has 0 saturated heterocycles. The average Bonchev–Trinajstić information content (AvgIpc) is 2.37. The van der Waals surface area contributed by atoms with Crippen molar-refractivity contribution in [1.29, 1.82) is 0 Å². The lowest BCUT2D eigenvalue weighted by Gasteiger charge is -2.09. The van der Waals surface area contributed by atoms with Crippen molar-refractivity contribution in [1.82, 2.24) is 9.97 Å². The Morgan fingerprint density at radius 2 is 2.16 bits per heavy atom. The molecule has 5 nitrogen and oxygen atoms in total. The summed E-state index contributed by atoms with van der Waals surface area (Å²) in [6, 6.07) is 6.17. The van der Waals surface area contributed by atoms with Crippen LogP contribution in [0.4, 0.5) is 10.2 Å². The van der Waals surface area contributed by atoms with Crippen molar-refractivity contribution in [2.45, 2.75) is 6.54 Å². The van der Waals surface area contributed by atoms with Crippen molar-refractivity contribution in [2.75, 3.05) is 5.32 Å². The third-order valence-electron chi connectivity index (χ3n) is 2.39. The molecule has 2 N–H and O–H groups in total. The van der Waals surface area contributed by atoms with Crippen LogP contribution in [0.2, 0.25) is 5.28 Å². The zero-order valence-corrected chi connectivity index (χ0v) is 10.4. The van der Waals surface area contributed by atoms with Crippen LogP contribution in [0.15, 0.2) is 30.5 Å². The molecular formula is C12H9ClFN3O2. The van der Waals surface area contributed by atoms with Gasteiger partial charge < -0.3 is 10.4 Å². The van der Waals surface area contributed by atoms with E-state index in [9.17, 15) is 9.18 Å². The molecule has 2 rings (SSSR count). The second-order valence-electron chi connectivity index (χ2n) is 3.65. The van der Waals surface area contributed by atoms with Crippen LogP contribution >= 0.6 is 11.6 Å². The molecule has 0 unspecified atom stereocenters. The normalized spacial score (nSPS) is 10.2. The van der Waals surface area contributed by atoms with Crippen molar-refractivity contribution in [3.8, 4) is 0 Å². The Morgan fingerprint density at radius 1 is 1.42 bits per heavy atom. The Labute approximate surface area is 113 Å². The summed E-state index contributed by atoms with van der Waals surface area (Å²) in [7, 11) is 0. The highest BCUT2D eigenvalue weighted by molar-refractivity contribution is 6.28. The van der Waals surface area contributed by atoms with Crippen LogP contribution in [0, 0.1) is 5.82 Å². The number of rotatable bonds is 4. The van der Waals surface area contributed by atoms with Crippen LogP contribution in [0.25, 0.3) is 0 Å². The third-order valence-corrected chi connectivity index (χ3v) is 2.58. The summed E-state index contributed by atoms with van der Waals surface area (Å²) >= 11 is 5.61. The smallest absolute Gasteiger partial charge is 0.341 e. The molecule has 0 spiro atoms. The van der Waals surface area contributed by atoms with Crippen molar-refractivity contribution in [2.24, 2.45) is 0 Å². The van der Waals surface area contributed by atoms with Gasteiger partial charge in [0.2, 0.25) is 5.28 Å². The molecule has 1 aromatic heterocycles. The van der Waals surface area contributed by atoms with Gasteiger partial charge in [0.25, 0.3) is 0 Å². The number of halogens is 2. The van der Waals surface area contributed by atoms with Gasteiger partial charge >= 0.3 is 5.97 Å². The zero-order chi connectivity index (χ0) is 13.8. The fourth-order valence-electron chi connectivity index (χ4n) is 1.47. The number of hydrogen-bond acceptors (Lipinski definition) is 4. The lowest BCUT2D eigenvalue weighted by molar-refractivity contribution is 0.0697. The molecule has 0 aliphatic heterocycles. The molecule has 0 bridgehead atoms. The summed E-state index contributed by atoms with van der Waals surface area (Å²) in [5.41, 5.74) is 0.273. The van der Waals surface area contributed by atoms with E-state index < -0.39 is 5.97 Å². The van der Waals surface area contributed by atoms with Crippen molar-refractivity contribution < 1.29 is 14.3 Å². The molecule has 0 aliphatic carbocycles. The number of carboxylic acids is 1. The molecule has 0 amide bonds. The van der Waals surface area contributed by atoms with Crippen LogP contribution in [-0.4, -0.2) is 21.0 Å². The summed E-state index contributed by atoms with van der Waals surface area (Å²) in [4.78, 5) is 18.3. The first kappa shape index (κ1) is 13.2. The van der Waals surface area contributed by atoms with Crippen molar-refractivity contribution in [3.05, 3.63) is 52.7 Å². The molecular weight excluding hydrogens is 273 g/mol. The molecule has 0 aliphatic rings. The monoisotopic (exact) mass is 281 g/mol. The number of nitrogens with zero attached hydrogens (tertiary/aromatic N) is 2. The van der Waals surface area contributed by atoms with Gasteiger partial charge in [-0.25, -0.2) is 14.2 Å². The highest BCUT2D eigenvalue weighted by Crippen LogP contribution is 2.16. The molecule has 0 fully saturated rings. The number of benzene rings is 1. The predicted molar refractivity (Wildman–Crippen MR) is 67.7 cm³/mol. The van der Waals surface area contributed by atoms with Crippen molar-refractivity contribution in [3.63, 3.8) is 0 Å². The first-order chi connectivity index (χ1) is 9.08. The van der Waals surface area contributed by atoms with E-state index in [4.69, 9.17) is 16.7 Å². The molecule has 0 radical (unpaired) electrons. The fraction of sp³-hybridized carbons (Fsp3) is 0.0833. The van der Waals surface area contributed by atoms with Crippen molar-refractivity contribution >= 4 is 23.4 Å². The standard InChI is InChI=1S/C12H9ClFN3O2/c13-12-16-6-8(11(18)19)10(17-12)15-5-7-3-1-2-4-9(7)14/h1-4,6H,5H2,(H,18,19)(H,15,16,17). The third kappa shape index (κ3) is 3.17. The first-order valence-electron chi connectivity index (χ1n) is 5.31. The van der Waals surface area contributed by atoms with E-state index >= 15 is 0 Å². The second-order valence-corrected chi connectivity index (χ2v) is 3.99. The van der Waals surface area contributed by atoms with Crippen LogP contribution in [0.3, 0.4) is 0 Å². The van der Waals surface area contributed by atoms with Crippen LogP contribution in [0.5, 0.6) is 0 Å². The Bertz CT molecular complexity index is 622. The minimum absolute atomic E-state index is 0.0516. The quantitative estimate of drug-likeness (QED) is 0.843. The zero-order valence-electron chi connectivity index (χ0n) is 9.60. The van der Waals surface area contributed by atoms with Gasteiger partial charge in [0.05, 0.1) is 0 Å². The largest absolute Gasteiger partial charge is 0.477 e.